The molecule has 2 heterocycles. The number of para-hydroxylation sites is 3. The summed E-state index contributed by atoms with van der Waals surface area (Å²) in [5.74, 6) is 0.577. The van der Waals surface area contributed by atoms with Crippen molar-refractivity contribution >= 4 is 28.8 Å². The van der Waals surface area contributed by atoms with Crippen molar-refractivity contribution in [3.8, 4) is 0 Å². The van der Waals surface area contributed by atoms with Gasteiger partial charge in [-0.05, 0) is 30.3 Å². The van der Waals surface area contributed by atoms with E-state index < -0.39 is 5.66 Å². The fourth-order valence-corrected chi connectivity index (χ4v) is 4.59. The van der Waals surface area contributed by atoms with Crippen molar-refractivity contribution in [2.24, 2.45) is 5.10 Å². The number of benzene rings is 4. The first kappa shape index (κ1) is 18.4. The van der Waals surface area contributed by atoms with E-state index in [1.807, 2.05) is 120 Å². The van der Waals surface area contributed by atoms with Crippen molar-refractivity contribution in [2.45, 2.75) is 5.66 Å². The average molecular weight is 416 g/mol. The molecular formula is C27H20N4O. The van der Waals surface area contributed by atoms with Crippen LogP contribution in [-0.2, 0) is 10.5 Å². The van der Waals surface area contributed by atoms with Gasteiger partial charge in [-0.25, -0.2) is 5.01 Å². The quantitative estimate of drug-likeness (QED) is 0.501. The molecule has 1 unspecified atom stereocenters. The maximum absolute atomic E-state index is 13.9. The number of anilines is 3. The molecule has 0 aliphatic carbocycles. The molecule has 6 rings (SSSR count). The molecule has 2 aliphatic rings. The van der Waals surface area contributed by atoms with Crippen LogP contribution in [0, 0.1) is 0 Å². The largest absolute Gasteiger partial charge is 0.322 e. The van der Waals surface area contributed by atoms with Gasteiger partial charge < -0.3 is 5.32 Å². The highest BCUT2D eigenvalue weighted by Crippen LogP contribution is 2.50. The predicted molar refractivity (Wildman–Crippen MR) is 128 cm³/mol. The van der Waals surface area contributed by atoms with E-state index in [1.54, 1.807) is 0 Å². The van der Waals surface area contributed by atoms with Gasteiger partial charge in [0.25, 0.3) is 5.91 Å². The van der Waals surface area contributed by atoms with Gasteiger partial charge in [-0.1, -0.05) is 84.9 Å². The molecule has 32 heavy (non-hydrogen) atoms. The second-order valence-electron chi connectivity index (χ2n) is 7.78. The zero-order valence-corrected chi connectivity index (χ0v) is 17.2. The van der Waals surface area contributed by atoms with Crippen molar-refractivity contribution < 1.29 is 4.79 Å². The van der Waals surface area contributed by atoms with Crippen LogP contribution < -0.4 is 15.2 Å². The van der Waals surface area contributed by atoms with Crippen molar-refractivity contribution in [2.75, 3.05) is 15.2 Å². The van der Waals surface area contributed by atoms with E-state index in [0.717, 1.165) is 28.2 Å². The molecule has 5 nitrogen and oxygen atoms in total. The monoisotopic (exact) mass is 416 g/mol. The third-order valence-electron chi connectivity index (χ3n) is 5.95. The van der Waals surface area contributed by atoms with Crippen molar-refractivity contribution in [3.05, 3.63) is 126 Å². The number of hydrazone groups is 1. The molecule has 4 aromatic carbocycles. The Morgan fingerprint density at radius 3 is 1.91 bits per heavy atom. The average Bonchev–Trinajstić information content (AvgIpc) is 3.37. The second-order valence-corrected chi connectivity index (χ2v) is 7.78. The number of hydrogen-bond acceptors (Lipinski definition) is 4. The summed E-state index contributed by atoms with van der Waals surface area (Å²) in [5, 5.41) is 10.0. The normalized spacial score (nSPS) is 19.1. The van der Waals surface area contributed by atoms with Crippen LogP contribution in [0.2, 0.25) is 0 Å². The number of rotatable bonds is 3. The Bertz CT molecular complexity index is 1320. The van der Waals surface area contributed by atoms with Gasteiger partial charge in [0.15, 0.2) is 5.84 Å². The summed E-state index contributed by atoms with van der Waals surface area (Å²) in [6.07, 6.45) is 0. The minimum Gasteiger partial charge on any atom is -0.322 e. The fourth-order valence-electron chi connectivity index (χ4n) is 4.59. The van der Waals surface area contributed by atoms with E-state index in [4.69, 9.17) is 5.10 Å². The van der Waals surface area contributed by atoms with Crippen LogP contribution in [0.15, 0.2) is 120 Å². The van der Waals surface area contributed by atoms with Crippen LogP contribution in [0.25, 0.3) is 0 Å². The number of amidine groups is 1. The van der Waals surface area contributed by atoms with Crippen LogP contribution in [0.5, 0.6) is 0 Å². The number of nitrogens with one attached hydrogen (secondary N) is 1. The molecule has 0 saturated carbocycles. The lowest BCUT2D eigenvalue weighted by molar-refractivity contribution is -0.120. The highest BCUT2D eigenvalue weighted by molar-refractivity contribution is 6.22. The number of hydrogen-bond donors (Lipinski definition) is 1. The molecule has 0 fully saturated rings. The topological polar surface area (TPSA) is 47.9 Å². The van der Waals surface area contributed by atoms with Crippen LogP contribution in [0.1, 0.15) is 11.1 Å². The maximum Gasteiger partial charge on any atom is 0.278 e. The molecule has 1 amide bonds. The van der Waals surface area contributed by atoms with Crippen molar-refractivity contribution in [1.82, 2.24) is 0 Å². The van der Waals surface area contributed by atoms with Gasteiger partial charge in [-0.2, -0.15) is 5.10 Å². The Morgan fingerprint density at radius 1 is 0.656 bits per heavy atom. The van der Waals surface area contributed by atoms with Gasteiger partial charge in [0.1, 0.15) is 0 Å². The smallest absolute Gasteiger partial charge is 0.278 e. The number of carbonyl (C=O) groups excluding carboxylic acids is 1. The minimum atomic E-state index is -1.19. The molecule has 154 valence electrons. The molecule has 0 saturated heterocycles. The first-order valence-corrected chi connectivity index (χ1v) is 10.6. The maximum atomic E-state index is 13.9. The molecule has 5 heteroatoms. The minimum absolute atomic E-state index is 0.138. The summed E-state index contributed by atoms with van der Waals surface area (Å²) in [7, 11) is 0. The summed E-state index contributed by atoms with van der Waals surface area (Å²) < 4.78 is 0. The fraction of sp³-hybridized carbons (Fsp3) is 0.0370. The number of nitrogens with zero attached hydrogens (tertiary/aromatic N) is 3. The predicted octanol–water partition coefficient (Wildman–Crippen LogP) is 5.18. The second kappa shape index (κ2) is 7.10. The molecule has 0 aromatic heterocycles. The Balaban J connectivity index is 1.69. The summed E-state index contributed by atoms with van der Waals surface area (Å²) in [6.45, 7) is 0. The van der Waals surface area contributed by atoms with Crippen LogP contribution >= 0.6 is 0 Å². The number of fused-ring (bicyclic) bond motifs is 2. The van der Waals surface area contributed by atoms with Crippen LogP contribution in [0.3, 0.4) is 0 Å². The number of carbonyl (C=O) groups is 1. The van der Waals surface area contributed by atoms with E-state index in [1.165, 1.54) is 0 Å². The summed E-state index contributed by atoms with van der Waals surface area (Å²) in [4.78, 5) is 16.0. The van der Waals surface area contributed by atoms with E-state index in [9.17, 15) is 4.79 Å². The van der Waals surface area contributed by atoms with E-state index >= 15 is 0 Å². The van der Waals surface area contributed by atoms with Gasteiger partial charge in [0.2, 0.25) is 5.66 Å². The lowest BCUT2D eigenvalue weighted by Crippen LogP contribution is -2.58. The zero-order valence-electron chi connectivity index (χ0n) is 17.2. The molecule has 4 aromatic rings. The molecular weight excluding hydrogens is 396 g/mol. The van der Waals surface area contributed by atoms with Gasteiger partial charge in [0, 0.05) is 22.5 Å². The highest BCUT2D eigenvalue weighted by Gasteiger charge is 2.61. The SMILES string of the molecule is O=C1Nc2ccccc2C12N(c1ccccc1)N=C(c1ccccc1)N2c1ccccc1. The van der Waals surface area contributed by atoms with Crippen LogP contribution in [0.4, 0.5) is 17.1 Å². The van der Waals surface area contributed by atoms with E-state index in [2.05, 4.69) is 10.2 Å². The first-order valence-electron chi connectivity index (χ1n) is 10.6. The summed E-state index contributed by atoms with van der Waals surface area (Å²) >= 11 is 0. The lowest BCUT2D eigenvalue weighted by atomic mass is 9.96. The van der Waals surface area contributed by atoms with Crippen molar-refractivity contribution in [3.63, 3.8) is 0 Å². The molecule has 0 radical (unpaired) electrons. The third kappa shape index (κ3) is 2.51. The Labute approximate surface area is 186 Å². The van der Waals surface area contributed by atoms with E-state index in [-0.39, 0.29) is 5.91 Å². The highest BCUT2D eigenvalue weighted by atomic mass is 16.2. The van der Waals surface area contributed by atoms with Gasteiger partial charge in [0.05, 0.1) is 5.69 Å². The molecule has 0 bridgehead atoms. The van der Waals surface area contributed by atoms with E-state index in [0.29, 0.717) is 5.84 Å². The molecule has 1 spiro atoms. The standard InChI is InChI=1S/C27H20N4O/c32-26-27(23-18-10-11-19-24(23)28-26)30(21-14-6-2-7-15-21)25(20-12-4-1-5-13-20)29-31(27)22-16-8-3-9-17-22/h1-19H,(H,28,32). The Morgan fingerprint density at radius 2 is 1.22 bits per heavy atom. The summed E-state index contributed by atoms with van der Waals surface area (Å²) in [6, 6.07) is 37.7. The van der Waals surface area contributed by atoms with Gasteiger partial charge in [-0.15, -0.1) is 0 Å². The van der Waals surface area contributed by atoms with Gasteiger partial charge >= 0.3 is 0 Å². The van der Waals surface area contributed by atoms with Gasteiger partial charge in [-0.3, -0.25) is 9.69 Å². The summed E-state index contributed by atoms with van der Waals surface area (Å²) in [5.41, 5.74) is 3.14. The molecule has 1 N–H and O–H groups in total. The van der Waals surface area contributed by atoms with Crippen LogP contribution in [-0.4, -0.2) is 11.7 Å². The Hall–Kier alpha value is -4.38. The first-order chi connectivity index (χ1) is 15.8. The molecule has 2 aliphatic heterocycles. The lowest BCUT2D eigenvalue weighted by Gasteiger charge is -2.40. The number of amides is 1. The third-order valence-corrected chi connectivity index (χ3v) is 5.95. The Kier molecular flexibility index (Phi) is 4.08. The zero-order chi connectivity index (χ0) is 21.5. The van der Waals surface area contributed by atoms with Crippen molar-refractivity contribution in [1.29, 1.82) is 0 Å². The molecule has 1 atom stereocenters.